The van der Waals surface area contributed by atoms with Crippen LogP contribution in [-0.2, 0) is 16.0 Å². The highest BCUT2D eigenvalue weighted by Gasteiger charge is 2.23. The average molecular weight is 298 g/mol. The minimum atomic E-state index is -0.0682. The van der Waals surface area contributed by atoms with Gasteiger partial charge in [0.25, 0.3) is 0 Å². The van der Waals surface area contributed by atoms with Gasteiger partial charge < -0.3 is 16.0 Å². The van der Waals surface area contributed by atoms with E-state index >= 15 is 0 Å². The van der Waals surface area contributed by atoms with E-state index in [-0.39, 0.29) is 24.2 Å². The number of rotatable bonds is 5. The van der Waals surface area contributed by atoms with E-state index in [0.29, 0.717) is 32.5 Å². The Balaban J connectivity index is 0.00000200. The van der Waals surface area contributed by atoms with Crippen molar-refractivity contribution in [2.24, 2.45) is 5.73 Å². The summed E-state index contributed by atoms with van der Waals surface area (Å²) in [4.78, 5) is 25.2. The van der Waals surface area contributed by atoms with E-state index in [1.54, 1.807) is 4.90 Å². The first-order valence-electron chi connectivity index (χ1n) is 6.57. The third-order valence-electron chi connectivity index (χ3n) is 3.22. The van der Waals surface area contributed by atoms with Crippen LogP contribution >= 0.6 is 12.4 Å². The number of carbonyl (C=O) groups excluding carboxylic acids is 2. The van der Waals surface area contributed by atoms with E-state index in [4.69, 9.17) is 5.73 Å². The molecule has 0 saturated heterocycles. The molecule has 0 fully saturated rings. The summed E-state index contributed by atoms with van der Waals surface area (Å²) in [6.45, 7) is 1.33. The molecule has 0 atom stereocenters. The van der Waals surface area contributed by atoms with Crippen LogP contribution in [-0.4, -0.2) is 31.4 Å². The Morgan fingerprint density at radius 3 is 2.80 bits per heavy atom. The number of nitrogens with zero attached hydrogens (tertiary/aromatic N) is 1. The monoisotopic (exact) mass is 297 g/mol. The van der Waals surface area contributed by atoms with Gasteiger partial charge in [0.05, 0.1) is 0 Å². The molecule has 1 aliphatic rings. The number of carbonyl (C=O) groups is 2. The van der Waals surface area contributed by atoms with Crippen molar-refractivity contribution in [2.75, 3.05) is 24.5 Å². The van der Waals surface area contributed by atoms with Crippen molar-refractivity contribution in [3.63, 3.8) is 0 Å². The first-order chi connectivity index (χ1) is 9.22. The molecule has 0 aliphatic carbocycles. The van der Waals surface area contributed by atoms with E-state index in [1.807, 2.05) is 24.3 Å². The third kappa shape index (κ3) is 3.95. The molecule has 110 valence electrons. The number of hydrogen-bond acceptors (Lipinski definition) is 3. The fourth-order valence-electron chi connectivity index (χ4n) is 2.25. The van der Waals surface area contributed by atoms with Crippen LogP contribution in [0.25, 0.3) is 0 Å². The van der Waals surface area contributed by atoms with E-state index in [0.717, 1.165) is 12.1 Å². The van der Waals surface area contributed by atoms with Crippen molar-refractivity contribution in [1.29, 1.82) is 0 Å². The molecule has 1 aromatic rings. The number of fused-ring (bicyclic) bond motifs is 1. The maximum atomic E-state index is 12.0. The summed E-state index contributed by atoms with van der Waals surface area (Å²) in [5, 5.41) is 2.71. The van der Waals surface area contributed by atoms with E-state index in [9.17, 15) is 9.59 Å². The molecule has 0 spiro atoms. The van der Waals surface area contributed by atoms with Crippen molar-refractivity contribution in [1.82, 2.24) is 5.32 Å². The van der Waals surface area contributed by atoms with Gasteiger partial charge in [0.2, 0.25) is 11.8 Å². The Morgan fingerprint density at radius 1 is 1.30 bits per heavy atom. The van der Waals surface area contributed by atoms with E-state index < -0.39 is 0 Å². The van der Waals surface area contributed by atoms with Crippen LogP contribution in [0.4, 0.5) is 5.69 Å². The number of para-hydroxylation sites is 1. The molecule has 6 heteroatoms. The Hall–Kier alpha value is -1.59. The number of anilines is 1. The van der Waals surface area contributed by atoms with Crippen molar-refractivity contribution in [3.05, 3.63) is 29.8 Å². The molecule has 1 aromatic carbocycles. The van der Waals surface area contributed by atoms with Crippen LogP contribution in [0.3, 0.4) is 0 Å². The second kappa shape index (κ2) is 7.87. The van der Waals surface area contributed by atoms with Gasteiger partial charge in [-0.05, 0) is 18.1 Å². The van der Waals surface area contributed by atoms with Crippen molar-refractivity contribution < 1.29 is 9.59 Å². The fraction of sp³-hybridized carbons (Fsp3) is 0.429. The zero-order chi connectivity index (χ0) is 13.7. The normalized spacial score (nSPS) is 13.4. The van der Waals surface area contributed by atoms with Crippen LogP contribution in [0.1, 0.15) is 18.4 Å². The first-order valence-corrected chi connectivity index (χ1v) is 6.57. The lowest BCUT2D eigenvalue weighted by Crippen LogP contribution is -2.38. The van der Waals surface area contributed by atoms with Gasteiger partial charge in [0.15, 0.2) is 0 Å². The van der Waals surface area contributed by atoms with Crippen LogP contribution in [0.5, 0.6) is 0 Å². The molecule has 5 nitrogen and oxygen atoms in total. The molecule has 0 aromatic heterocycles. The molecule has 0 bridgehead atoms. The van der Waals surface area contributed by atoms with Gasteiger partial charge in [-0.2, -0.15) is 0 Å². The summed E-state index contributed by atoms with van der Waals surface area (Å²) in [7, 11) is 0. The molecular formula is C14H20ClN3O2. The topological polar surface area (TPSA) is 75.4 Å². The quantitative estimate of drug-likeness (QED) is 0.846. The average Bonchev–Trinajstić information content (AvgIpc) is 2.44. The lowest BCUT2D eigenvalue weighted by atomic mass is 10.0. The zero-order valence-corrected chi connectivity index (χ0v) is 12.1. The summed E-state index contributed by atoms with van der Waals surface area (Å²) in [5.41, 5.74) is 7.43. The molecule has 1 aliphatic heterocycles. The van der Waals surface area contributed by atoms with E-state index in [1.165, 1.54) is 5.56 Å². The predicted molar refractivity (Wildman–Crippen MR) is 81.0 cm³/mol. The first kappa shape index (κ1) is 16.5. The molecule has 0 saturated carbocycles. The van der Waals surface area contributed by atoms with Gasteiger partial charge >= 0.3 is 0 Å². The Kier molecular flexibility index (Phi) is 6.48. The highest BCUT2D eigenvalue weighted by atomic mass is 35.5. The SMILES string of the molecule is Cl.NCCNC(=O)CCN1C(=O)CCc2ccccc21. The lowest BCUT2D eigenvalue weighted by Gasteiger charge is -2.29. The number of amides is 2. The molecule has 0 radical (unpaired) electrons. The Morgan fingerprint density at radius 2 is 2.05 bits per heavy atom. The number of nitrogens with one attached hydrogen (secondary N) is 1. The van der Waals surface area contributed by atoms with E-state index in [2.05, 4.69) is 5.32 Å². The fourth-order valence-corrected chi connectivity index (χ4v) is 2.25. The van der Waals surface area contributed by atoms with Crippen LogP contribution in [0, 0.1) is 0 Å². The number of nitrogens with two attached hydrogens (primary N) is 1. The number of halogens is 1. The number of hydrogen-bond donors (Lipinski definition) is 2. The largest absolute Gasteiger partial charge is 0.355 e. The molecule has 2 rings (SSSR count). The van der Waals surface area contributed by atoms with Crippen LogP contribution < -0.4 is 16.0 Å². The smallest absolute Gasteiger partial charge is 0.227 e. The van der Waals surface area contributed by atoms with Crippen LogP contribution in [0.15, 0.2) is 24.3 Å². The molecule has 3 N–H and O–H groups in total. The Bertz CT molecular complexity index is 479. The predicted octanol–water partition coefficient (Wildman–Crippen LogP) is 0.853. The standard InChI is InChI=1S/C14H19N3O2.ClH/c15-8-9-16-13(18)7-10-17-12-4-2-1-3-11(12)5-6-14(17)19;/h1-4H,5-10,15H2,(H,16,18);1H. The zero-order valence-electron chi connectivity index (χ0n) is 11.3. The Labute approximate surface area is 124 Å². The highest BCUT2D eigenvalue weighted by Crippen LogP contribution is 2.27. The van der Waals surface area contributed by atoms with Gasteiger partial charge in [-0.1, -0.05) is 18.2 Å². The molecule has 20 heavy (non-hydrogen) atoms. The summed E-state index contributed by atoms with van der Waals surface area (Å²) >= 11 is 0. The second-order valence-corrected chi connectivity index (χ2v) is 4.56. The van der Waals surface area contributed by atoms with Crippen molar-refractivity contribution in [2.45, 2.75) is 19.3 Å². The molecule has 1 heterocycles. The summed E-state index contributed by atoms with van der Waals surface area (Å²) in [6, 6.07) is 7.85. The number of aryl methyl sites for hydroxylation is 1. The van der Waals surface area contributed by atoms with Gasteiger partial charge in [-0.3, -0.25) is 9.59 Å². The minimum Gasteiger partial charge on any atom is -0.355 e. The van der Waals surface area contributed by atoms with Crippen LogP contribution in [0.2, 0.25) is 0 Å². The lowest BCUT2D eigenvalue weighted by molar-refractivity contribution is -0.121. The summed E-state index contributed by atoms with van der Waals surface area (Å²) in [5.74, 6) is 0.0200. The maximum absolute atomic E-state index is 12.0. The van der Waals surface area contributed by atoms with Gasteiger partial charge in [-0.15, -0.1) is 12.4 Å². The maximum Gasteiger partial charge on any atom is 0.227 e. The van der Waals surface area contributed by atoms with Crippen molar-refractivity contribution in [3.8, 4) is 0 Å². The minimum absolute atomic E-state index is 0. The third-order valence-corrected chi connectivity index (χ3v) is 3.22. The number of benzene rings is 1. The molecule has 2 amide bonds. The second-order valence-electron chi connectivity index (χ2n) is 4.56. The van der Waals surface area contributed by atoms with Crippen molar-refractivity contribution >= 4 is 29.9 Å². The van der Waals surface area contributed by atoms with Gasteiger partial charge in [0, 0.05) is 38.2 Å². The molecule has 0 unspecified atom stereocenters. The van der Waals surface area contributed by atoms with Gasteiger partial charge in [-0.25, -0.2) is 0 Å². The summed E-state index contributed by atoms with van der Waals surface area (Å²) < 4.78 is 0. The van der Waals surface area contributed by atoms with Gasteiger partial charge in [0.1, 0.15) is 0 Å². The summed E-state index contributed by atoms with van der Waals surface area (Å²) in [6.07, 6.45) is 1.60. The highest BCUT2D eigenvalue weighted by molar-refractivity contribution is 5.96. The molecular weight excluding hydrogens is 278 g/mol.